The van der Waals surface area contributed by atoms with Crippen LogP contribution in [0.5, 0.6) is 5.75 Å². The molecule has 0 unspecified atom stereocenters. The predicted molar refractivity (Wildman–Crippen MR) is 162 cm³/mol. The molecule has 15 heteroatoms. The minimum atomic E-state index is -2.72. The Kier molecular flexibility index (Phi) is 6.99. The van der Waals surface area contributed by atoms with E-state index in [-0.39, 0.29) is 35.4 Å². The van der Waals surface area contributed by atoms with Gasteiger partial charge in [-0.05, 0) is 44.5 Å². The number of phenols is 1. The Hall–Kier alpha value is -5.12. The number of hydrogen-bond donors (Lipinski definition) is 6. The highest BCUT2D eigenvalue weighted by Crippen LogP contribution is 2.53. The number of likely N-dealkylation sites (N-methyl/N-ethyl adjacent to an activating group) is 1. The predicted octanol–water partition coefficient (Wildman–Crippen LogP) is 2.74. The smallest absolute Gasteiger partial charge is 0.270 e. The van der Waals surface area contributed by atoms with Crippen LogP contribution in [0.4, 0.5) is 16.5 Å². The lowest BCUT2D eigenvalue weighted by Gasteiger charge is -2.50. The van der Waals surface area contributed by atoms with Gasteiger partial charge in [0.15, 0.2) is 16.5 Å². The molecule has 6 rings (SSSR count). The fraction of sp³-hybridized carbons (Fsp3) is 0.267. The second-order valence-corrected chi connectivity index (χ2v) is 12.3. The second kappa shape index (κ2) is 10.5. The summed E-state index contributed by atoms with van der Waals surface area (Å²) in [6.07, 6.45) is 0.155. The number of hydrogen-bond acceptors (Lipinski definition) is 13. The highest BCUT2D eigenvalue weighted by atomic mass is 32.1. The summed E-state index contributed by atoms with van der Waals surface area (Å²) in [5, 5.41) is 61.6. The SMILES string of the molecule is CN(C)[C@@H]1C(=O)C(C(N)=O)=C(O)[C@@]2(O)C(=O)C3=C(O)c4c(ccc(Nc5nc(-c6cccc([N+](=O)[O-])c6)cs5)c4O)C[C@H]3C[C@@H]12. The summed E-state index contributed by atoms with van der Waals surface area (Å²) < 4.78 is 0. The third kappa shape index (κ3) is 4.46. The van der Waals surface area contributed by atoms with E-state index in [1.54, 1.807) is 29.6 Å². The maximum absolute atomic E-state index is 14.0. The van der Waals surface area contributed by atoms with Gasteiger partial charge in [-0.15, -0.1) is 11.3 Å². The number of primary amides is 1. The maximum atomic E-state index is 14.0. The molecular formula is C30H27N5O9S. The number of nitro benzene ring substituents is 1. The van der Waals surface area contributed by atoms with E-state index >= 15 is 0 Å². The van der Waals surface area contributed by atoms with Crippen molar-refractivity contribution in [3.63, 3.8) is 0 Å². The molecule has 0 aliphatic heterocycles. The highest BCUT2D eigenvalue weighted by Gasteiger charge is 2.64. The van der Waals surface area contributed by atoms with Gasteiger partial charge in [0.2, 0.25) is 5.78 Å². The van der Waals surface area contributed by atoms with Crippen molar-refractivity contribution in [3.05, 3.63) is 79.9 Å². The topological polar surface area (TPSA) is 229 Å². The number of carbonyl (C=O) groups is 3. The number of nitrogens with two attached hydrogens (primary N) is 1. The first kappa shape index (κ1) is 29.9. The second-order valence-electron chi connectivity index (χ2n) is 11.4. The van der Waals surface area contributed by atoms with Crippen LogP contribution in [-0.4, -0.2) is 78.4 Å². The van der Waals surface area contributed by atoms with Crippen LogP contribution in [-0.2, 0) is 20.8 Å². The van der Waals surface area contributed by atoms with Crippen molar-refractivity contribution in [2.45, 2.75) is 24.5 Å². The zero-order chi connectivity index (χ0) is 32.5. The molecule has 0 saturated heterocycles. The van der Waals surface area contributed by atoms with Gasteiger partial charge in [-0.3, -0.25) is 29.4 Å². The lowest BCUT2D eigenvalue weighted by molar-refractivity contribution is -0.384. The molecular weight excluding hydrogens is 606 g/mol. The van der Waals surface area contributed by atoms with Gasteiger partial charge in [0.05, 0.1) is 27.9 Å². The number of Topliss-reactive ketones (excluding diaryl/α,β-unsaturated/α-hetero) is 2. The van der Waals surface area contributed by atoms with Crippen LogP contribution < -0.4 is 11.1 Å². The maximum Gasteiger partial charge on any atom is 0.270 e. The first-order valence-electron chi connectivity index (χ1n) is 13.7. The average molecular weight is 634 g/mol. The zero-order valence-electron chi connectivity index (χ0n) is 23.8. The van der Waals surface area contributed by atoms with Gasteiger partial charge in [-0.1, -0.05) is 18.2 Å². The van der Waals surface area contributed by atoms with Crippen molar-refractivity contribution in [1.29, 1.82) is 0 Å². The van der Waals surface area contributed by atoms with Gasteiger partial charge in [0.25, 0.3) is 11.6 Å². The summed E-state index contributed by atoms with van der Waals surface area (Å²) >= 11 is 1.17. The van der Waals surface area contributed by atoms with Gasteiger partial charge in [-0.25, -0.2) is 4.98 Å². The van der Waals surface area contributed by atoms with Crippen molar-refractivity contribution in [1.82, 2.24) is 9.88 Å². The van der Waals surface area contributed by atoms with Crippen molar-refractivity contribution < 1.29 is 39.7 Å². The number of nitro groups is 1. The number of aromatic hydroxyl groups is 1. The van der Waals surface area contributed by atoms with Crippen LogP contribution in [0.15, 0.2) is 58.7 Å². The number of nitrogens with zero attached hydrogens (tertiary/aromatic N) is 3. The quantitative estimate of drug-likeness (QED) is 0.0996. The van der Waals surface area contributed by atoms with Gasteiger partial charge >= 0.3 is 0 Å². The number of thiazole rings is 1. The molecule has 7 N–H and O–H groups in total. The summed E-state index contributed by atoms with van der Waals surface area (Å²) in [5.74, 6) is -7.22. The molecule has 3 aromatic rings. The van der Waals surface area contributed by atoms with Gasteiger partial charge in [0.1, 0.15) is 22.8 Å². The first-order chi connectivity index (χ1) is 21.2. The molecule has 1 heterocycles. The number of rotatable bonds is 6. The van der Waals surface area contributed by atoms with Gasteiger partial charge in [0, 0.05) is 34.6 Å². The standard InChI is InChI=1S/C30H27N5O9S/c1-34(2)22-16-10-14-8-13-6-7-17(32-29-33-18(11-45-29)12-4-3-5-15(9-12)35(43)44)23(36)19(13)24(37)20(14)26(39)30(16,42)27(40)21(25(22)38)28(31)41/h3-7,9,11,14,16,22,36-37,40,42H,8,10H2,1-2H3,(H2,31,41)(H,32,33)/t14-,16-,22-,30-/m0/s1. The minimum absolute atomic E-state index is 0.00787. The molecule has 2 aromatic carbocycles. The van der Waals surface area contributed by atoms with Crippen molar-refractivity contribution in [3.8, 4) is 17.0 Å². The normalized spacial score (nSPS) is 24.3. The third-order valence-corrected chi connectivity index (χ3v) is 9.45. The molecule has 0 spiro atoms. The molecule has 3 aliphatic carbocycles. The largest absolute Gasteiger partial charge is 0.508 e. The Balaban J connectivity index is 1.38. The van der Waals surface area contributed by atoms with Crippen LogP contribution in [0.1, 0.15) is 17.5 Å². The van der Waals surface area contributed by atoms with Crippen LogP contribution in [0, 0.1) is 22.0 Å². The zero-order valence-corrected chi connectivity index (χ0v) is 24.7. The van der Waals surface area contributed by atoms with E-state index in [4.69, 9.17) is 5.73 Å². The monoisotopic (exact) mass is 633 g/mol. The van der Waals surface area contributed by atoms with Crippen molar-refractivity contribution >= 4 is 51.1 Å². The highest BCUT2D eigenvalue weighted by molar-refractivity contribution is 7.14. The molecule has 1 amide bonds. The summed E-state index contributed by atoms with van der Waals surface area (Å²) in [5.41, 5.74) is 2.96. The Labute approximate surface area is 258 Å². The summed E-state index contributed by atoms with van der Waals surface area (Å²) in [4.78, 5) is 55.9. The molecule has 1 aromatic heterocycles. The third-order valence-electron chi connectivity index (χ3n) is 8.69. The van der Waals surface area contributed by atoms with Crippen molar-refractivity contribution in [2.24, 2.45) is 17.6 Å². The van der Waals surface area contributed by atoms with E-state index in [2.05, 4.69) is 10.3 Å². The Morgan fingerprint density at radius 2 is 1.93 bits per heavy atom. The van der Waals surface area contributed by atoms with E-state index in [0.717, 1.165) is 0 Å². The Morgan fingerprint density at radius 1 is 1.20 bits per heavy atom. The number of aliphatic hydroxyl groups excluding tert-OH is 2. The molecule has 0 radical (unpaired) electrons. The number of amides is 1. The van der Waals surface area contributed by atoms with E-state index in [1.165, 1.54) is 42.5 Å². The molecule has 1 saturated carbocycles. The number of aliphatic hydroxyl groups is 3. The molecule has 232 valence electrons. The number of non-ortho nitro benzene ring substituents is 1. The molecule has 14 nitrogen and oxygen atoms in total. The number of nitrogens with one attached hydrogen (secondary N) is 1. The van der Waals surface area contributed by atoms with Gasteiger partial charge < -0.3 is 31.5 Å². The number of aromatic nitrogens is 1. The number of anilines is 2. The minimum Gasteiger partial charge on any atom is -0.508 e. The first-order valence-corrected chi connectivity index (χ1v) is 14.6. The van der Waals surface area contributed by atoms with E-state index in [1.807, 2.05) is 0 Å². The summed E-state index contributed by atoms with van der Waals surface area (Å²) in [7, 11) is 3.07. The van der Waals surface area contributed by atoms with Crippen LogP contribution in [0.3, 0.4) is 0 Å². The van der Waals surface area contributed by atoms with Gasteiger partial charge in [-0.2, -0.15) is 0 Å². The lowest BCUT2D eigenvalue weighted by Crippen LogP contribution is -2.65. The number of ketones is 2. The molecule has 45 heavy (non-hydrogen) atoms. The van der Waals surface area contributed by atoms with E-state index in [9.17, 15) is 44.9 Å². The molecule has 1 fully saturated rings. The number of fused-ring (bicyclic) bond motifs is 3. The lowest BCUT2D eigenvalue weighted by atomic mass is 9.57. The summed E-state index contributed by atoms with van der Waals surface area (Å²) in [6, 6.07) is 8.03. The average Bonchev–Trinajstić information content (AvgIpc) is 3.45. The van der Waals surface area contributed by atoms with Crippen molar-refractivity contribution in [2.75, 3.05) is 19.4 Å². The van der Waals surface area contributed by atoms with Crippen LogP contribution >= 0.6 is 11.3 Å². The molecule has 3 aliphatic rings. The van der Waals surface area contributed by atoms with E-state index in [0.29, 0.717) is 22.0 Å². The number of benzene rings is 2. The molecule has 0 bridgehead atoms. The van der Waals surface area contributed by atoms with E-state index < -0.39 is 68.7 Å². The Bertz CT molecular complexity index is 1900. The van der Waals surface area contributed by atoms with Crippen LogP contribution in [0.25, 0.3) is 17.0 Å². The fourth-order valence-corrected chi connectivity index (χ4v) is 7.41. The molecule has 4 atom stereocenters. The fourth-order valence-electron chi connectivity index (χ4n) is 6.68. The number of carbonyl (C=O) groups excluding carboxylic acids is 3. The Morgan fingerprint density at radius 3 is 2.60 bits per heavy atom. The number of phenolic OH excluding ortho intramolecular Hbond substituents is 1. The summed E-state index contributed by atoms with van der Waals surface area (Å²) in [6.45, 7) is 0. The van der Waals surface area contributed by atoms with Crippen LogP contribution in [0.2, 0.25) is 0 Å².